The Morgan fingerprint density at radius 3 is 3.11 bits per heavy atom. The van der Waals surface area contributed by atoms with Gasteiger partial charge in [-0.05, 0) is 32.1 Å². The molecule has 18 heavy (non-hydrogen) atoms. The summed E-state index contributed by atoms with van der Waals surface area (Å²) in [5.74, 6) is 1.14. The van der Waals surface area contributed by atoms with Crippen LogP contribution in [0.2, 0.25) is 0 Å². The third kappa shape index (κ3) is 4.75. The highest BCUT2D eigenvalue weighted by Gasteiger charge is 2.20. The van der Waals surface area contributed by atoms with E-state index in [1.165, 1.54) is 12.8 Å². The van der Waals surface area contributed by atoms with E-state index < -0.39 is 0 Å². The fourth-order valence-corrected chi connectivity index (χ4v) is 1.49. The van der Waals surface area contributed by atoms with Crippen molar-refractivity contribution in [3.05, 3.63) is 11.8 Å². The summed E-state index contributed by atoms with van der Waals surface area (Å²) in [6.45, 7) is 3.94. The maximum atomic E-state index is 11.4. The zero-order valence-corrected chi connectivity index (χ0v) is 10.6. The van der Waals surface area contributed by atoms with Gasteiger partial charge < -0.3 is 14.6 Å². The minimum Gasteiger partial charge on any atom is -0.381 e. The van der Waals surface area contributed by atoms with Crippen molar-refractivity contribution in [3.8, 4) is 0 Å². The number of carbonyl (C=O) groups excluding carboxylic acids is 1. The van der Waals surface area contributed by atoms with Crippen LogP contribution < -0.4 is 10.6 Å². The van der Waals surface area contributed by atoms with Crippen LogP contribution >= 0.6 is 0 Å². The Kier molecular flexibility index (Phi) is 4.58. The Morgan fingerprint density at radius 2 is 2.44 bits per heavy atom. The van der Waals surface area contributed by atoms with Crippen LogP contribution in [0.1, 0.15) is 25.0 Å². The Morgan fingerprint density at radius 1 is 1.61 bits per heavy atom. The lowest BCUT2D eigenvalue weighted by molar-refractivity contribution is 0.122. The second-order valence-corrected chi connectivity index (χ2v) is 4.59. The number of rotatable bonds is 7. The second kappa shape index (κ2) is 6.39. The SMILES string of the molecule is Cc1cc(NC(=O)NCCCOCC2CC2)on1. The van der Waals surface area contributed by atoms with Gasteiger partial charge in [-0.3, -0.25) is 5.32 Å². The van der Waals surface area contributed by atoms with Crippen molar-refractivity contribution >= 4 is 11.9 Å². The van der Waals surface area contributed by atoms with Crippen LogP contribution in [0.4, 0.5) is 10.7 Å². The van der Waals surface area contributed by atoms with Gasteiger partial charge in [-0.2, -0.15) is 0 Å². The van der Waals surface area contributed by atoms with E-state index in [0.717, 1.165) is 24.6 Å². The van der Waals surface area contributed by atoms with E-state index in [0.29, 0.717) is 19.0 Å². The van der Waals surface area contributed by atoms with E-state index >= 15 is 0 Å². The van der Waals surface area contributed by atoms with Gasteiger partial charge in [0.25, 0.3) is 0 Å². The molecule has 2 rings (SSSR count). The molecule has 1 aromatic heterocycles. The number of carbonyl (C=O) groups is 1. The number of nitrogens with one attached hydrogen (secondary N) is 2. The molecule has 1 heterocycles. The summed E-state index contributed by atoms with van der Waals surface area (Å²) in [5.41, 5.74) is 0.735. The molecular weight excluding hydrogens is 234 g/mol. The molecule has 100 valence electrons. The molecule has 0 radical (unpaired) electrons. The number of nitrogens with zero attached hydrogens (tertiary/aromatic N) is 1. The molecular formula is C12H19N3O3. The molecule has 0 atom stereocenters. The van der Waals surface area contributed by atoms with Gasteiger partial charge in [0.15, 0.2) is 0 Å². The van der Waals surface area contributed by atoms with Crippen molar-refractivity contribution in [1.29, 1.82) is 0 Å². The third-order valence-corrected chi connectivity index (χ3v) is 2.67. The van der Waals surface area contributed by atoms with Gasteiger partial charge in [-0.25, -0.2) is 4.79 Å². The number of aromatic nitrogens is 1. The van der Waals surface area contributed by atoms with Gasteiger partial charge in [-0.15, -0.1) is 0 Å². The van der Waals surface area contributed by atoms with E-state index in [-0.39, 0.29) is 6.03 Å². The molecule has 1 aliphatic carbocycles. The molecule has 2 amide bonds. The van der Waals surface area contributed by atoms with Crippen molar-refractivity contribution in [3.63, 3.8) is 0 Å². The molecule has 0 saturated heterocycles. The zero-order chi connectivity index (χ0) is 12.8. The largest absolute Gasteiger partial charge is 0.381 e. The topological polar surface area (TPSA) is 76.4 Å². The van der Waals surface area contributed by atoms with E-state index in [4.69, 9.17) is 9.26 Å². The van der Waals surface area contributed by atoms with Gasteiger partial charge in [0.1, 0.15) is 0 Å². The Labute approximate surface area is 106 Å². The van der Waals surface area contributed by atoms with Crippen molar-refractivity contribution < 1.29 is 14.1 Å². The highest BCUT2D eigenvalue weighted by atomic mass is 16.5. The molecule has 0 spiro atoms. The molecule has 0 aromatic carbocycles. The summed E-state index contributed by atoms with van der Waals surface area (Å²) >= 11 is 0. The van der Waals surface area contributed by atoms with Crippen LogP contribution in [0.5, 0.6) is 0 Å². The first-order chi connectivity index (χ1) is 8.74. The molecule has 0 aliphatic heterocycles. The number of hydrogen-bond donors (Lipinski definition) is 2. The number of anilines is 1. The predicted octanol–water partition coefficient (Wildman–Crippen LogP) is 1.92. The summed E-state index contributed by atoms with van der Waals surface area (Å²) < 4.78 is 10.3. The first kappa shape index (κ1) is 12.9. The Balaban J connectivity index is 1.48. The van der Waals surface area contributed by atoms with E-state index in [9.17, 15) is 4.79 Å². The van der Waals surface area contributed by atoms with Gasteiger partial charge in [0.2, 0.25) is 5.88 Å². The second-order valence-electron chi connectivity index (χ2n) is 4.59. The summed E-state index contributed by atoms with van der Waals surface area (Å²) in [4.78, 5) is 11.4. The molecule has 0 bridgehead atoms. The molecule has 6 nitrogen and oxygen atoms in total. The van der Waals surface area contributed by atoms with Crippen molar-refractivity contribution in [1.82, 2.24) is 10.5 Å². The van der Waals surface area contributed by atoms with Crippen molar-refractivity contribution in [2.45, 2.75) is 26.2 Å². The number of ether oxygens (including phenoxy) is 1. The van der Waals surface area contributed by atoms with E-state index in [1.807, 2.05) is 0 Å². The highest BCUT2D eigenvalue weighted by Crippen LogP contribution is 2.28. The van der Waals surface area contributed by atoms with Gasteiger partial charge >= 0.3 is 6.03 Å². The van der Waals surface area contributed by atoms with Gasteiger partial charge in [0, 0.05) is 25.8 Å². The minimum atomic E-state index is -0.284. The number of aryl methyl sites for hydroxylation is 1. The van der Waals surface area contributed by atoms with Gasteiger partial charge in [0.05, 0.1) is 5.69 Å². The van der Waals surface area contributed by atoms with Crippen molar-refractivity contribution in [2.75, 3.05) is 25.1 Å². The van der Waals surface area contributed by atoms with Crippen LogP contribution in [-0.2, 0) is 4.74 Å². The molecule has 1 aromatic rings. The average molecular weight is 253 g/mol. The van der Waals surface area contributed by atoms with Gasteiger partial charge in [-0.1, -0.05) is 5.16 Å². The third-order valence-electron chi connectivity index (χ3n) is 2.67. The molecule has 2 N–H and O–H groups in total. The number of amides is 2. The number of hydrogen-bond acceptors (Lipinski definition) is 4. The standard InChI is InChI=1S/C12H19N3O3/c1-9-7-11(18-15-9)14-12(16)13-5-2-6-17-8-10-3-4-10/h7,10H,2-6,8H2,1H3,(H2,13,14,16). The minimum absolute atomic E-state index is 0.284. The zero-order valence-electron chi connectivity index (χ0n) is 10.6. The number of urea groups is 1. The Hall–Kier alpha value is -1.56. The first-order valence-electron chi connectivity index (χ1n) is 6.30. The molecule has 1 fully saturated rings. The maximum absolute atomic E-state index is 11.4. The summed E-state index contributed by atoms with van der Waals surface area (Å²) in [6, 6.07) is 1.38. The molecule has 0 unspecified atom stereocenters. The maximum Gasteiger partial charge on any atom is 0.321 e. The van der Waals surface area contributed by atoms with E-state index in [2.05, 4.69) is 15.8 Å². The summed E-state index contributed by atoms with van der Waals surface area (Å²) in [6.07, 6.45) is 3.42. The van der Waals surface area contributed by atoms with Crippen LogP contribution in [0.3, 0.4) is 0 Å². The fourth-order valence-electron chi connectivity index (χ4n) is 1.49. The molecule has 6 heteroatoms. The predicted molar refractivity (Wildman–Crippen MR) is 66.4 cm³/mol. The van der Waals surface area contributed by atoms with Crippen LogP contribution in [0.15, 0.2) is 10.6 Å². The lowest BCUT2D eigenvalue weighted by Gasteiger charge is -2.05. The van der Waals surface area contributed by atoms with E-state index in [1.54, 1.807) is 13.0 Å². The van der Waals surface area contributed by atoms with Crippen molar-refractivity contribution in [2.24, 2.45) is 5.92 Å². The monoisotopic (exact) mass is 253 g/mol. The molecule has 1 saturated carbocycles. The van der Waals surface area contributed by atoms with Crippen LogP contribution in [0, 0.1) is 12.8 Å². The smallest absolute Gasteiger partial charge is 0.321 e. The highest BCUT2D eigenvalue weighted by molar-refractivity contribution is 5.87. The Bertz CT molecular complexity index is 388. The average Bonchev–Trinajstić information content (AvgIpc) is 3.07. The first-order valence-corrected chi connectivity index (χ1v) is 6.30. The quantitative estimate of drug-likeness (QED) is 0.728. The summed E-state index contributed by atoms with van der Waals surface area (Å²) in [7, 11) is 0. The lowest BCUT2D eigenvalue weighted by Crippen LogP contribution is -2.29. The fraction of sp³-hybridized carbons (Fsp3) is 0.667. The molecule has 1 aliphatic rings. The van der Waals surface area contributed by atoms with Crippen LogP contribution in [-0.4, -0.2) is 30.9 Å². The normalized spacial score (nSPS) is 14.5. The summed E-state index contributed by atoms with van der Waals surface area (Å²) in [5, 5.41) is 8.96. The van der Waals surface area contributed by atoms with Crippen LogP contribution in [0.25, 0.3) is 0 Å². The lowest BCUT2D eigenvalue weighted by atomic mass is 10.4.